The average Bonchev–Trinajstić information content (AvgIpc) is 3.20. The van der Waals surface area contributed by atoms with Gasteiger partial charge in [-0.15, -0.1) is 0 Å². The molecule has 1 saturated carbocycles. The summed E-state index contributed by atoms with van der Waals surface area (Å²) >= 11 is 0. The van der Waals surface area contributed by atoms with E-state index in [0.29, 0.717) is 31.5 Å². The van der Waals surface area contributed by atoms with Gasteiger partial charge >= 0.3 is 0 Å². The number of rotatable bonds is 6. The van der Waals surface area contributed by atoms with Crippen LogP contribution in [-0.4, -0.2) is 50.3 Å². The number of aliphatic hydroxyl groups is 1. The normalized spacial score (nSPS) is 29.1. The first kappa shape index (κ1) is 15.2. The first-order chi connectivity index (χ1) is 8.91. The molecule has 0 spiro atoms. The molecule has 2 atom stereocenters. The van der Waals surface area contributed by atoms with Crippen LogP contribution in [0.1, 0.15) is 32.1 Å². The van der Waals surface area contributed by atoms with Crippen LogP contribution >= 0.6 is 0 Å². The van der Waals surface area contributed by atoms with E-state index < -0.39 is 10.0 Å². The van der Waals surface area contributed by atoms with E-state index >= 15 is 0 Å². The summed E-state index contributed by atoms with van der Waals surface area (Å²) in [6.07, 6.45) is 6.39. The number of nitrogens with two attached hydrogens (primary N) is 1. The SMILES string of the molecule is CS(=O)(=O)N1CCCC(CC(CN)(CO)C2CC2)C1. The Morgan fingerprint density at radius 2 is 2.05 bits per heavy atom. The zero-order valence-electron chi connectivity index (χ0n) is 11.7. The summed E-state index contributed by atoms with van der Waals surface area (Å²) in [5.74, 6) is 0.871. The maximum Gasteiger partial charge on any atom is 0.211 e. The van der Waals surface area contributed by atoms with Gasteiger partial charge in [0.2, 0.25) is 10.0 Å². The van der Waals surface area contributed by atoms with Crippen molar-refractivity contribution in [1.82, 2.24) is 4.31 Å². The number of piperidine rings is 1. The van der Waals surface area contributed by atoms with Crippen molar-refractivity contribution < 1.29 is 13.5 Å². The second-order valence-electron chi connectivity index (χ2n) is 6.33. The highest BCUT2D eigenvalue weighted by Crippen LogP contribution is 2.49. The summed E-state index contributed by atoms with van der Waals surface area (Å²) in [5.41, 5.74) is 5.73. The van der Waals surface area contributed by atoms with Gasteiger partial charge in [-0.1, -0.05) is 0 Å². The van der Waals surface area contributed by atoms with Crippen LogP contribution in [0.5, 0.6) is 0 Å². The number of hydrogen-bond donors (Lipinski definition) is 2. The molecule has 0 aromatic rings. The van der Waals surface area contributed by atoms with Crippen LogP contribution < -0.4 is 5.73 Å². The number of nitrogens with zero attached hydrogens (tertiary/aromatic N) is 1. The van der Waals surface area contributed by atoms with Gasteiger partial charge in [0.25, 0.3) is 0 Å². The van der Waals surface area contributed by atoms with Crippen LogP contribution in [0.25, 0.3) is 0 Å². The van der Waals surface area contributed by atoms with Crippen molar-refractivity contribution in [2.75, 3.05) is 32.5 Å². The standard InChI is InChI=1S/C13H26N2O3S/c1-19(17,18)15-6-2-3-11(8-15)7-13(9-14,10-16)12-4-5-12/h11-12,16H,2-10,14H2,1H3. The fraction of sp³-hybridized carbons (Fsp3) is 1.00. The Kier molecular flexibility index (Phi) is 4.55. The Labute approximate surface area is 116 Å². The fourth-order valence-corrected chi connectivity index (χ4v) is 4.38. The molecule has 2 fully saturated rings. The molecule has 2 rings (SSSR count). The van der Waals surface area contributed by atoms with Gasteiger partial charge in [-0.2, -0.15) is 0 Å². The molecule has 2 unspecified atom stereocenters. The van der Waals surface area contributed by atoms with Gasteiger partial charge in [-0.05, 0) is 43.9 Å². The van der Waals surface area contributed by atoms with E-state index in [1.54, 1.807) is 4.31 Å². The number of hydrogen-bond acceptors (Lipinski definition) is 4. The molecular weight excluding hydrogens is 264 g/mol. The van der Waals surface area contributed by atoms with E-state index in [-0.39, 0.29) is 12.0 Å². The molecule has 5 nitrogen and oxygen atoms in total. The molecule has 2 aliphatic rings. The van der Waals surface area contributed by atoms with E-state index in [4.69, 9.17) is 5.73 Å². The van der Waals surface area contributed by atoms with Gasteiger partial charge < -0.3 is 10.8 Å². The van der Waals surface area contributed by atoms with Crippen LogP contribution in [0, 0.1) is 17.3 Å². The van der Waals surface area contributed by atoms with E-state index in [0.717, 1.165) is 32.1 Å². The van der Waals surface area contributed by atoms with Gasteiger partial charge in [0.1, 0.15) is 0 Å². The van der Waals surface area contributed by atoms with E-state index in [1.165, 1.54) is 6.26 Å². The van der Waals surface area contributed by atoms with Gasteiger partial charge in [-0.25, -0.2) is 12.7 Å². The lowest BCUT2D eigenvalue weighted by atomic mass is 9.74. The predicted octanol–water partition coefficient (Wildman–Crippen LogP) is 0.396. The lowest BCUT2D eigenvalue weighted by Gasteiger charge is -2.38. The Morgan fingerprint density at radius 3 is 2.53 bits per heavy atom. The highest BCUT2D eigenvalue weighted by Gasteiger charge is 2.45. The van der Waals surface area contributed by atoms with Gasteiger partial charge in [0.15, 0.2) is 0 Å². The summed E-state index contributed by atoms with van der Waals surface area (Å²) in [6.45, 7) is 1.86. The summed E-state index contributed by atoms with van der Waals surface area (Å²) < 4.78 is 24.8. The van der Waals surface area contributed by atoms with Crippen LogP contribution in [0.4, 0.5) is 0 Å². The van der Waals surface area contributed by atoms with Gasteiger partial charge in [-0.3, -0.25) is 0 Å². The van der Waals surface area contributed by atoms with Crippen molar-refractivity contribution in [1.29, 1.82) is 0 Å². The largest absolute Gasteiger partial charge is 0.396 e. The Morgan fingerprint density at radius 1 is 1.37 bits per heavy atom. The highest BCUT2D eigenvalue weighted by molar-refractivity contribution is 7.88. The summed E-state index contributed by atoms with van der Waals surface area (Å²) in [7, 11) is -3.09. The molecule has 3 N–H and O–H groups in total. The number of sulfonamides is 1. The van der Waals surface area contributed by atoms with Crippen LogP contribution in [0.2, 0.25) is 0 Å². The molecule has 0 aromatic heterocycles. The number of aliphatic hydroxyl groups excluding tert-OH is 1. The third kappa shape index (κ3) is 3.48. The molecule has 1 heterocycles. The Hall–Kier alpha value is -0.170. The van der Waals surface area contributed by atoms with E-state index in [9.17, 15) is 13.5 Å². The maximum atomic E-state index is 11.6. The minimum atomic E-state index is -3.09. The zero-order chi connectivity index (χ0) is 14.1. The predicted molar refractivity (Wildman–Crippen MR) is 75.1 cm³/mol. The molecule has 6 heteroatoms. The van der Waals surface area contributed by atoms with Gasteiger partial charge in [0.05, 0.1) is 12.9 Å². The molecular formula is C13H26N2O3S. The lowest BCUT2D eigenvalue weighted by molar-refractivity contribution is 0.0681. The molecule has 19 heavy (non-hydrogen) atoms. The van der Waals surface area contributed by atoms with Crippen molar-refractivity contribution >= 4 is 10.0 Å². The van der Waals surface area contributed by atoms with Crippen LogP contribution in [-0.2, 0) is 10.0 Å². The molecule has 0 bridgehead atoms. The summed E-state index contributed by atoms with van der Waals surface area (Å²) in [4.78, 5) is 0. The van der Waals surface area contributed by atoms with Crippen molar-refractivity contribution in [3.8, 4) is 0 Å². The first-order valence-electron chi connectivity index (χ1n) is 7.17. The zero-order valence-corrected chi connectivity index (χ0v) is 12.5. The first-order valence-corrected chi connectivity index (χ1v) is 9.02. The van der Waals surface area contributed by atoms with Crippen molar-refractivity contribution in [2.45, 2.75) is 32.1 Å². The lowest BCUT2D eigenvalue weighted by Crippen LogP contribution is -2.44. The maximum absolute atomic E-state index is 11.6. The molecule has 112 valence electrons. The molecule has 1 aliphatic carbocycles. The van der Waals surface area contributed by atoms with Gasteiger partial charge in [0, 0.05) is 25.0 Å². The molecule has 1 saturated heterocycles. The van der Waals surface area contributed by atoms with E-state index in [1.807, 2.05) is 0 Å². The van der Waals surface area contributed by atoms with Crippen LogP contribution in [0.3, 0.4) is 0 Å². The fourth-order valence-electron chi connectivity index (χ4n) is 3.44. The monoisotopic (exact) mass is 290 g/mol. The van der Waals surface area contributed by atoms with E-state index in [2.05, 4.69) is 0 Å². The van der Waals surface area contributed by atoms with Crippen molar-refractivity contribution in [3.63, 3.8) is 0 Å². The molecule has 0 radical (unpaired) electrons. The van der Waals surface area contributed by atoms with Crippen molar-refractivity contribution in [3.05, 3.63) is 0 Å². The Bertz CT molecular complexity index is 402. The average molecular weight is 290 g/mol. The topological polar surface area (TPSA) is 83.6 Å². The second kappa shape index (κ2) is 5.68. The molecule has 0 amide bonds. The van der Waals surface area contributed by atoms with Crippen molar-refractivity contribution in [2.24, 2.45) is 23.0 Å². The quantitative estimate of drug-likeness (QED) is 0.741. The third-order valence-electron chi connectivity index (χ3n) is 4.81. The summed E-state index contributed by atoms with van der Waals surface area (Å²) in [5, 5.41) is 9.73. The minimum absolute atomic E-state index is 0.129. The second-order valence-corrected chi connectivity index (χ2v) is 8.31. The highest BCUT2D eigenvalue weighted by atomic mass is 32.2. The smallest absolute Gasteiger partial charge is 0.211 e. The third-order valence-corrected chi connectivity index (χ3v) is 6.08. The molecule has 1 aliphatic heterocycles. The summed E-state index contributed by atoms with van der Waals surface area (Å²) in [6, 6.07) is 0. The Balaban J connectivity index is 2.01. The van der Waals surface area contributed by atoms with Crippen LogP contribution in [0.15, 0.2) is 0 Å². The minimum Gasteiger partial charge on any atom is -0.396 e. The molecule has 0 aromatic carbocycles.